The summed E-state index contributed by atoms with van der Waals surface area (Å²) in [5, 5.41) is 13.6. The van der Waals surface area contributed by atoms with E-state index in [1.165, 1.54) is 22.6 Å². The number of ketones is 1. The van der Waals surface area contributed by atoms with Gasteiger partial charge in [0, 0.05) is 67.3 Å². The van der Waals surface area contributed by atoms with Gasteiger partial charge in [-0.1, -0.05) is 105 Å². The molecule has 3 heterocycles. The summed E-state index contributed by atoms with van der Waals surface area (Å²) in [5.74, 6) is 0.856. The molecule has 281 valence electrons. The Morgan fingerprint density at radius 2 is 1.58 bits per heavy atom. The molecule has 5 nitrogen and oxygen atoms in total. The quantitative estimate of drug-likeness (QED) is 0.0621. The molecule has 2 aromatic carbocycles. The molecule has 5 rings (SSSR count). The molecular formula is C46H59IrN2O3-. The summed E-state index contributed by atoms with van der Waals surface area (Å²) in [4.78, 5) is 17.0. The molecule has 0 aliphatic rings. The van der Waals surface area contributed by atoms with Crippen LogP contribution in [0.25, 0.3) is 44.3 Å². The molecule has 5 aromatic rings. The van der Waals surface area contributed by atoms with Crippen LogP contribution in [0.2, 0.25) is 0 Å². The molecule has 52 heavy (non-hydrogen) atoms. The summed E-state index contributed by atoms with van der Waals surface area (Å²) < 4.78 is 7.79. The van der Waals surface area contributed by atoms with Gasteiger partial charge in [0.25, 0.3) is 0 Å². The van der Waals surface area contributed by atoms with Crippen LogP contribution >= 0.6 is 0 Å². The Balaban J connectivity index is 0.000000347. The third kappa shape index (κ3) is 9.43. The fourth-order valence-electron chi connectivity index (χ4n) is 6.32. The van der Waals surface area contributed by atoms with Crippen molar-refractivity contribution in [2.24, 2.45) is 16.7 Å². The first-order valence-corrected chi connectivity index (χ1v) is 18.6. The Hall–Kier alpha value is -3.73. The summed E-state index contributed by atoms with van der Waals surface area (Å²) in [6, 6.07) is 20.6. The molecule has 0 aliphatic carbocycles. The van der Waals surface area contributed by atoms with E-state index >= 15 is 0 Å². The molecule has 0 unspecified atom stereocenters. The van der Waals surface area contributed by atoms with Crippen molar-refractivity contribution in [2.45, 2.75) is 114 Å². The normalized spacial score (nSPS) is 12.5. The predicted octanol–water partition coefficient (Wildman–Crippen LogP) is 12.2. The molecule has 0 atom stereocenters. The standard InChI is InChI=1S/C31H31N2O.C15H28O2.Ir/c1-20(2)13-24-19-34-30-17-28(32-18-26(24)30)22-11-12-33(6)29(16-22)23-14-21-9-7-8-10-25(21)27(15-23)31(3,4)5;1-7-14(5,8-2)12(16)11-13(17)15(6,9-3)10-4;/h7-12,15-20H,6,13H2,1-5H3;11,16H,7-10H2,1-6H3;/q-1;;/b;12-11-;. The fourth-order valence-corrected chi connectivity index (χ4v) is 6.32. The number of nitrogens with zero attached hydrogens (tertiary/aromatic N) is 2. The molecule has 0 saturated carbocycles. The zero-order chi connectivity index (χ0) is 37.7. The fraction of sp³-hybridized carbons (Fsp3) is 0.435. The molecule has 6 heteroatoms. The van der Waals surface area contributed by atoms with Crippen LogP contribution in [0.3, 0.4) is 0 Å². The van der Waals surface area contributed by atoms with Gasteiger partial charge in [0.15, 0.2) is 5.78 Å². The minimum absolute atomic E-state index is 0. The Kier molecular flexibility index (Phi) is 14.3. The molecule has 0 bridgehead atoms. The van der Waals surface area contributed by atoms with Crippen LogP contribution in [-0.4, -0.2) is 15.9 Å². The number of furan rings is 1. The monoisotopic (exact) mass is 880 g/mol. The van der Waals surface area contributed by atoms with E-state index in [0.717, 1.165) is 71.0 Å². The number of benzene rings is 2. The van der Waals surface area contributed by atoms with Crippen molar-refractivity contribution in [1.29, 1.82) is 0 Å². The van der Waals surface area contributed by atoms with Crippen LogP contribution < -0.4 is 4.57 Å². The summed E-state index contributed by atoms with van der Waals surface area (Å²) in [6.45, 7) is 23.3. The first-order valence-electron chi connectivity index (χ1n) is 18.6. The molecule has 0 amide bonds. The van der Waals surface area contributed by atoms with E-state index in [1.54, 1.807) is 0 Å². The third-order valence-corrected chi connectivity index (χ3v) is 11.0. The average molecular weight is 880 g/mol. The van der Waals surface area contributed by atoms with Crippen LogP contribution in [-0.2, 0) is 36.7 Å². The van der Waals surface area contributed by atoms with E-state index in [4.69, 9.17) is 9.40 Å². The minimum atomic E-state index is -0.337. The third-order valence-electron chi connectivity index (χ3n) is 11.0. The van der Waals surface area contributed by atoms with Gasteiger partial charge < -0.3 is 14.1 Å². The van der Waals surface area contributed by atoms with Gasteiger partial charge in [0.2, 0.25) is 0 Å². The Labute approximate surface area is 326 Å². The number of carbonyl (C=O) groups excluding carboxylic acids is 1. The van der Waals surface area contributed by atoms with E-state index in [2.05, 4.69) is 84.1 Å². The molecule has 0 fully saturated rings. The first kappa shape index (κ1) is 42.7. The van der Waals surface area contributed by atoms with Crippen LogP contribution in [0.4, 0.5) is 0 Å². The van der Waals surface area contributed by atoms with E-state index in [1.807, 2.05) is 76.9 Å². The van der Waals surface area contributed by atoms with E-state index in [-0.39, 0.29) is 47.9 Å². The second-order valence-corrected chi connectivity index (χ2v) is 16.0. The van der Waals surface area contributed by atoms with Crippen molar-refractivity contribution in [3.05, 3.63) is 103 Å². The van der Waals surface area contributed by atoms with Gasteiger partial charge in [0.1, 0.15) is 17.0 Å². The first-order chi connectivity index (χ1) is 24.0. The summed E-state index contributed by atoms with van der Waals surface area (Å²) in [5.41, 5.74) is 6.73. The van der Waals surface area contributed by atoms with Gasteiger partial charge >= 0.3 is 0 Å². The zero-order valence-corrected chi connectivity index (χ0v) is 35.6. The molecule has 3 aromatic heterocycles. The largest absolute Gasteiger partial charge is 0.512 e. The van der Waals surface area contributed by atoms with Gasteiger partial charge in [-0.15, -0.1) is 29.1 Å². The number of pyridine rings is 2. The SMILES string of the molecule is CCC(C)(CC)C(=O)/C=C(\O)C(C)(CC)CC.[CH2-][n+]1ccc(-c2cc3occ(CC(C)C)c3cn2)cc1-c1[c-]c2ccccc2c(C(C)(C)C)c1.[Ir]. The number of allylic oxidation sites excluding steroid dienone is 2. The Morgan fingerprint density at radius 3 is 2.17 bits per heavy atom. The van der Waals surface area contributed by atoms with Crippen LogP contribution in [0, 0.1) is 29.9 Å². The maximum absolute atomic E-state index is 12.2. The number of fused-ring (bicyclic) bond motifs is 2. The topological polar surface area (TPSA) is 67.2 Å². The van der Waals surface area contributed by atoms with Crippen molar-refractivity contribution in [1.82, 2.24) is 4.98 Å². The number of aliphatic hydroxyl groups is 1. The maximum Gasteiger partial charge on any atom is 0.164 e. The maximum atomic E-state index is 12.2. The molecule has 0 aliphatic heterocycles. The van der Waals surface area contributed by atoms with Gasteiger partial charge in [-0.25, -0.2) is 0 Å². The Morgan fingerprint density at radius 1 is 0.942 bits per heavy atom. The van der Waals surface area contributed by atoms with Gasteiger partial charge in [0.05, 0.1) is 18.2 Å². The molecule has 0 spiro atoms. The molecule has 1 N–H and O–H groups in total. The van der Waals surface area contributed by atoms with Crippen molar-refractivity contribution in [3.63, 3.8) is 0 Å². The summed E-state index contributed by atoms with van der Waals surface area (Å²) >= 11 is 0. The van der Waals surface area contributed by atoms with Crippen molar-refractivity contribution in [3.8, 4) is 22.5 Å². The van der Waals surface area contributed by atoms with Gasteiger partial charge in [-0.3, -0.25) is 9.78 Å². The molecule has 0 saturated heterocycles. The Bertz CT molecular complexity index is 2010. The van der Waals surface area contributed by atoms with Crippen LogP contribution in [0.5, 0.6) is 0 Å². The number of hydrogen-bond acceptors (Lipinski definition) is 4. The number of carbonyl (C=O) groups is 1. The number of rotatable bonds is 11. The smallest absolute Gasteiger partial charge is 0.164 e. The van der Waals surface area contributed by atoms with E-state index in [9.17, 15) is 9.90 Å². The van der Waals surface area contributed by atoms with Gasteiger partial charge in [-0.05, 0) is 61.1 Å². The van der Waals surface area contributed by atoms with E-state index in [0.29, 0.717) is 5.92 Å². The van der Waals surface area contributed by atoms with Crippen molar-refractivity contribution >= 4 is 27.5 Å². The molecule has 1 radical (unpaired) electrons. The number of aliphatic hydroxyl groups excluding tert-OH is 1. The number of aromatic nitrogens is 2. The predicted molar refractivity (Wildman–Crippen MR) is 213 cm³/mol. The van der Waals surface area contributed by atoms with Crippen LogP contribution in [0.15, 0.2) is 83.4 Å². The van der Waals surface area contributed by atoms with Crippen molar-refractivity contribution in [2.75, 3.05) is 0 Å². The van der Waals surface area contributed by atoms with Crippen molar-refractivity contribution < 1.29 is 39.0 Å². The van der Waals surface area contributed by atoms with Gasteiger partial charge in [-0.2, -0.15) is 0 Å². The minimum Gasteiger partial charge on any atom is -0.512 e. The van der Waals surface area contributed by atoms with Crippen LogP contribution in [0.1, 0.15) is 113 Å². The zero-order valence-electron chi connectivity index (χ0n) is 33.2. The molecular weight excluding hydrogens is 821 g/mol. The summed E-state index contributed by atoms with van der Waals surface area (Å²) in [6.07, 6.45) is 11.5. The second kappa shape index (κ2) is 17.4. The average Bonchev–Trinajstić information content (AvgIpc) is 3.51. The second-order valence-electron chi connectivity index (χ2n) is 16.0. The summed E-state index contributed by atoms with van der Waals surface area (Å²) in [7, 11) is 4.24. The van der Waals surface area contributed by atoms with E-state index < -0.39 is 0 Å². The number of hydrogen-bond donors (Lipinski definition) is 1.